The predicted molar refractivity (Wildman–Crippen MR) is 75.3 cm³/mol. The molecule has 0 spiro atoms. The molecule has 0 atom stereocenters. The van der Waals surface area contributed by atoms with Gasteiger partial charge >= 0.3 is 0 Å². The molecule has 5 heteroatoms. The van der Waals surface area contributed by atoms with Crippen molar-refractivity contribution in [2.45, 2.75) is 6.54 Å². The van der Waals surface area contributed by atoms with Gasteiger partial charge in [-0.3, -0.25) is 0 Å². The zero-order valence-corrected chi connectivity index (χ0v) is 11.1. The zero-order chi connectivity index (χ0) is 13.8. The van der Waals surface area contributed by atoms with Crippen LogP contribution in [0.15, 0.2) is 54.6 Å². The highest BCUT2D eigenvalue weighted by Crippen LogP contribution is 2.21. The van der Waals surface area contributed by atoms with E-state index in [-0.39, 0.29) is 0 Å². The zero-order valence-electron chi connectivity index (χ0n) is 11.1. The van der Waals surface area contributed by atoms with Gasteiger partial charge < -0.3 is 4.74 Å². The molecular weight excluding hydrogens is 252 g/mol. The van der Waals surface area contributed by atoms with Crippen LogP contribution >= 0.6 is 0 Å². The summed E-state index contributed by atoms with van der Waals surface area (Å²) in [5.74, 6) is 1.58. The Morgan fingerprint density at radius 1 is 1.00 bits per heavy atom. The summed E-state index contributed by atoms with van der Waals surface area (Å²) < 4.78 is 7.13. The molecule has 3 aromatic rings. The van der Waals surface area contributed by atoms with Gasteiger partial charge in [0.2, 0.25) is 0 Å². The van der Waals surface area contributed by atoms with Gasteiger partial charge in [-0.2, -0.15) is 0 Å². The summed E-state index contributed by atoms with van der Waals surface area (Å²) in [5.41, 5.74) is 2.03. The van der Waals surface area contributed by atoms with Crippen LogP contribution in [0.25, 0.3) is 11.4 Å². The molecule has 0 radical (unpaired) electrons. The molecule has 100 valence electrons. The van der Waals surface area contributed by atoms with E-state index in [4.69, 9.17) is 4.74 Å². The maximum Gasteiger partial charge on any atom is 0.182 e. The van der Waals surface area contributed by atoms with Gasteiger partial charge in [0, 0.05) is 11.1 Å². The summed E-state index contributed by atoms with van der Waals surface area (Å²) >= 11 is 0. The van der Waals surface area contributed by atoms with Crippen LogP contribution in [-0.2, 0) is 6.54 Å². The molecule has 0 unspecified atom stereocenters. The van der Waals surface area contributed by atoms with Crippen LogP contribution in [0.1, 0.15) is 5.56 Å². The van der Waals surface area contributed by atoms with Crippen molar-refractivity contribution >= 4 is 0 Å². The lowest BCUT2D eigenvalue weighted by Crippen LogP contribution is -2.05. The summed E-state index contributed by atoms with van der Waals surface area (Å²) in [5, 5.41) is 11.9. The lowest BCUT2D eigenvalue weighted by molar-refractivity contribution is 0.407. The molecule has 2 aromatic carbocycles. The highest BCUT2D eigenvalue weighted by atomic mass is 16.5. The summed E-state index contributed by atoms with van der Waals surface area (Å²) in [4.78, 5) is 0. The van der Waals surface area contributed by atoms with Crippen LogP contribution in [0, 0.1) is 0 Å². The normalized spacial score (nSPS) is 10.4. The second-order valence-electron chi connectivity index (χ2n) is 4.34. The monoisotopic (exact) mass is 266 g/mol. The second-order valence-corrected chi connectivity index (χ2v) is 4.34. The van der Waals surface area contributed by atoms with Gasteiger partial charge in [0.25, 0.3) is 0 Å². The number of tetrazole rings is 1. The molecule has 0 amide bonds. The average Bonchev–Trinajstić information content (AvgIpc) is 2.97. The van der Waals surface area contributed by atoms with Gasteiger partial charge in [-0.25, -0.2) is 4.68 Å². The molecule has 0 saturated heterocycles. The van der Waals surface area contributed by atoms with Crippen molar-refractivity contribution in [2.24, 2.45) is 0 Å². The molecule has 1 aromatic heterocycles. The average molecular weight is 266 g/mol. The number of hydrogen-bond donors (Lipinski definition) is 0. The van der Waals surface area contributed by atoms with Crippen molar-refractivity contribution in [1.82, 2.24) is 20.2 Å². The summed E-state index contributed by atoms with van der Waals surface area (Å²) in [7, 11) is 1.66. The number of para-hydroxylation sites is 1. The standard InChI is InChI=1S/C15H14N4O/c1-20-14-10-6-5-9-13(14)11-19-15(16-17-18-19)12-7-3-2-4-8-12/h2-10H,11H2,1H3. The van der Waals surface area contributed by atoms with Crippen LogP contribution in [0.2, 0.25) is 0 Å². The van der Waals surface area contributed by atoms with E-state index < -0.39 is 0 Å². The third kappa shape index (κ3) is 2.38. The first kappa shape index (κ1) is 12.3. The van der Waals surface area contributed by atoms with E-state index in [1.165, 1.54) is 0 Å². The number of aromatic nitrogens is 4. The fourth-order valence-electron chi connectivity index (χ4n) is 2.10. The number of ether oxygens (including phenoxy) is 1. The topological polar surface area (TPSA) is 52.8 Å². The van der Waals surface area contributed by atoms with E-state index in [1.54, 1.807) is 11.8 Å². The molecular formula is C15H14N4O. The Kier molecular flexibility index (Phi) is 3.41. The summed E-state index contributed by atoms with van der Waals surface area (Å²) in [6, 6.07) is 17.8. The Balaban J connectivity index is 1.95. The largest absolute Gasteiger partial charge is 0.496 e. The van der Waals surface area contributed by atoms with Crippen molar-refractivity contribution in [3.8, 4) is 17.1 Å². The van der Waals surface area contributed by atoms with Crippen LogP contribution in [-0.4, -0.2) is 27.3 Å². The Morgan fingerprint density at radius 3 is 2.55 bits per heavy atom. The Bertz CT molecular complexity index is 694. The molecule has 0 aliphatic rings. The Labute approximate surface area is 116 Å². The van der Waals surface area contributed by atoms with Crippen molar-refractivity contribution in [3.63, 3.8) is 0 Å². The van der Waals surface area contributed by atoms with Crippen molar-refractivity contribution in [3.05, 3.63) is 60.2 Å². The Hall–Kier alpha value is -2.69. The van der Waals surface area contributed by atoms with Gasteiger partial charge in [0.05, 0.1) is 13.7 Å². The van der Waals surface area contributed by atoms with E-state index in [2.05, 4.69) is 15.5 Å². The first-order valence-corrected chi connectivity index (χ1v) is 6.32. The minimum Gasteiger partial charge on any atom is -0.496 e. The minimum atomic E-state index is 0.571. The molecule has 0 N–H and O–H groups in total. The number of benzene rings is 2. The summed E-state index contributed by atoms with van der Waals surface area (Å²) in [6.07, 6.45) is 0. The highest BCUT2D eigenvalue weighted by Gasteiger charge is 2.10. The van der Waals surface area contributed by atoms with Gasteiger partial charge in [-0.05, 0) is 16.5 Å². The SMILES string of the molecule is COc1ccccc1Cn1nnnc1-c1ccccc1. The minimum absolute atomic E-state index is 0.571. The fourth-order valence-corrected chi connectivity index (χ4v) is 2.10. The molecule has 0 fully saturated rings. The van der Waals surface area contributed by atoms with E-state index in [0.717, 1.165) is 22.7 Å². The molecule has 0 bridgehead atoms. The van der Waals surface area contributed by atoms with Gasteiger partial charge in [0.1, 0.15) is 5.75 Å². The third-order valence-corrected chi connectivity index (χ3v) is 3.08. The fraction of sp³-hybridized carbons (Fsp3) is 0.133. The Morgan fingerprint density at radius 2 is 1.75 bits per heavy atom. The highest BCUT2D eigenvalue weighted by molar-refractivity contribution is 5.54. The first-order valence-electron chi connectivity index (χ1n) is 6.32. The molecule has 20 heavy (non-hydrogen) atoms. The van der Waals surface area contributed by atoms with E-state index in [0.29, 0.717) is 6.54 Å². The summed E-state index contributed by atoms with van der Waals surface area (Å²) in [6.45, 7) is 0.571. The van der Waals surface area contributed by atoms with Crippen LogP contribution in [0.5, 0.6) is 5.75 Å². The third-order valence-electron chi connectivity index (χ3n) is 3.08. The maximum atomic E-state index is 5.36. The predicted octanol–water partition coefficient (Wildman–Crippen LogP) is 2.40. The molecule has 1 heterocycles. The van der Waals surface area contributed by atoms with Crippen molar-refractivity contribution < 1.29 is 4.74 Å². The molecule has 0 aliphatic carbocycles. The molecule has 5 nitrogen and oxygen atoms in total. The van der Waals surface area contributed by atoms with Crippen LogP contribution in [0.4, 0.5) is 0 Å². The van der Waals surface area contributed by atoms with E-state index in [9.17, 15) is 0 Å². The van der Waals surface area contributed by atoms with Crippen molar-refractivity contribution in [2.75, 3.05) is 7.11 Å². The number of nitrogens with zero attached hydrogens (tertiary/aromatic N) is 4. The van der Waals surface area contributed by atoms with Crippen LogP contribution < -0.4 is 4.74 Å². The van der Waals surface area contributed by atoms with Gasteiger partial charge in [-0.15, -0.1) is 5.10 Å². The number of rotatable bonds is 4. The number of hydrogen-bond acceptors (Lipinski definition) is 4. The van der Waals surface area contributed by atoms with Gasteiger partial charge in [-0.1, -0.05) is 48.5 Å². The molecule has 0 aliphatic heterocycles. The lowest BCUT2D eigenvalue weighted by Gasteiger charge is -2.09. The van der Waals surface area contributed by atoms with Crippen LogP contribution in [0.3, 0.4) is 0 Å². The van der Waals surface area contributed by atoms with Crippen molar-refractivity contribution in [1.29, 1.82) is 0 Å². The van der Waals surface area contributed by atoms with E-state index in [1.807, 2.05) is 54.6 Å². The lowest BCUT2D eigenvalue weighted by atomic mass is 10.2. The molecule has 3 rings (SSSR count). The number of methoxy groups -OCH3 is 1. The smallest absolute Gasteiger partial charge is 0.182 e. The first-order chi connectivity index (χ1) is 9.88. The quantitative estimate of drug-likeness (QED) is 0.727. The second kappa shape index (κ2) is 5.52. The maximum absolute atomic E-state index is 5.36. The van der Waals surface area contributed by atoms with Gasteiger partial charge in [0.15, 0.2) is 5.82 Å². The molecule has 0 saturated carbocycles. The van der Waals surface area contributed by atoms with E-state index >= 15 is 0 Å².